The summed E-state index contributed by atoms with van der Waals surface area (Å²) in [6.07, 6.45) is 0. The van der Waals surface area contributed by atoms with Crippen molar-refractivity contribution in [2.45, 2.75) is 6.92 Å². The van der Waals surface area contributed by atoms with E-state index in [2.05, 4.69) is 4.98 Å². The summed E-state index contributed by atoms with van der Waals surface area (Å²) >= 11 is 7.35. The van der Waals surface area contributed by atoms with Crippen LogP contribution >= 0.6 is 22.9 Å². The molecular weight excluding hydrogens is 246 g/mol. The fourth-order valence-electron chi connectivity index (χ4n) is 1.34. The second-order valence-corrected chi connectivity index (χ2v) is 4.82. The van der Waals surface area contributed by atoms with Crippen LogP contribution in [0.3, 0.4) is 0 Å². The molecule has 0 aliphatic heterocycles. The molecule has 2 rings (SSSR count). The zero-order valence-electron chi connectivity index (χ0n) is 8.40. The Kier molecular flexibility index (Phi) is 2.94. The number of hydrogen-bond donors (Lipinski definition) is 1. The summed E-state index contributed by atoms with van der Waals surface area (Å²) in [5.41, 5.74) is 0.865. The first kappa shape index (κ1) is 11.1. The molecule has 0 amide bonds. The van der Waals surface area contributed by atoms with Crippen LogP contribution in [0, 0.1) is 6.92 Å². The molecule has 5 heteroatoms. The van der Waals surface area contributed by atoms with E-state index < -0.39 is 5.97 Å². The summed E-state index contributed by atoms with van der Waals surface area (Å²) < 4.78 is 0. The van der Waals surface area contributed by atoms with Crippen LogP contribution in [0.5, 0.6) is 0 Å². The fraction of sp³-hybridized carbons (Fsp3) is 0.0909. The molecule has 3 nitrogen and oxygen atoms in total. The number of aryl methyl sites for hydroxylation is 1. The highest BCUT2D eigenvalue weighted by molar-refractivity contribution is 7.15. The number of aromatic nitrogens is 1. The number of aromatic carboxylic acids is 1. The normalized spacial score (nSPS) is 10.4. The van der Waals surface area contributed by atoms with E-state index in [-0.39, 0.29) is 5.69 Å². The lowest BCUT2D eigenvalue weighted by Crippen LogP contribution is -1.98. The molecule has 0 radical (unpaired) electrons. The van der Waals surface area contributed by atoms with Gasteiger partial charge in [-0.05, 0) is 13.0 Å². The van der Waals surface area contributed by atoms with Crippen LogP contribution in [0.25, 0.3) is 10.6 Å². The summed E-state index contributed by atoms with van der Waals surface area (Å²) in [6.45, 7) is 1.74. The van der Waals surface area contributed by atoms with Gasteiger partial charge in [0.25, 0.3) is 0 Å². The number of carboxylic acid groups (broad SMARTS) is 1. The van der Waals surface area contributed by atoms with Crippen LogP contribution in [0.15, 0.2) is 24.3 Å². The Morgan fingerprint density at radius 2 is 2.12 bits per heavy atom. The molecule has 0 unspecified atom stereocenters. The number of nitrogens with zero attached hydrogens (tertiary/aromatic N) is 1. The van der Waals surface area contributed by atoms with E-state index in [1.165, 1.54) is 11.3 Å². The highest BCUT2D eigenvalue weighted by Crippen LogP contribution is 2.32. The Morgan fingerprint density at radius 3 is 2.69 bits per heavy atom. The van der Waals surface area contributed by atoms with Gasteiger partial charge in [-0.15, -0.1) is 11.3 Å². The van der Waals surface area contributed by atoms with Gasteiger partial charge in [-0.1, -0.05) is 29.8 Å². The van der Waals surface area contributed by atoms with Crippen molar-refractivity contribution in [2.75, 3.05) is 0 Å². The van der Waals surface area contributed by atoms with Crippen molar-refractivity contribution in [3.63, 3.8) is 0 Å². The predicted octanol–water partition coefficient (Wildman–Crippen LogP) is 3.47. The number of rotatable bonds is 2. The highest BCUT2D eigenvalue weighted by Gasteiger charge is 2.16. The first-order valence-corrected chi connectivity index (χ1v) is 5.74. The number of carbonyl (C=O) groups is 1. The lowest BCUT2D eigenvalue weighted by atomic mass is 10.2. The molecular formula is C11H8ClNO2S. The molecule has 2 aromatic rings. The van der Waals surface area contributed by atoms with E-state index in [9.17, 15) is 4.79 Å². The van der Waals surface area contributed by atoms with Gasteiger partial charge in [0.1, 0.15) is 5.01 Å². The van der Waals surface area contributed by atoms with Crippen molar-refractivity contribution in [2.24, 2.45) is 0 Å². The molecule has 16 heavy (non-hydrogen) atoms. The molecule has 1 N–H and O–H groups in total. The van der Waals surface area contributed by atoms with Gasteiger partial charge in [0.2, 0.25) is 0 Å². The van der Waals surface area contributed by atoms with E-state index >= 15 is 0 Å². The summed E-state index contributed by atoms with van der Waals surface area (Å²) in [7, 11) is 0. The molecule has 0 atom stereocenters. The molecule has 0 fully saturated rings. The molecule has 1 aromatic carbocycles. The monoisotopic (exact) mass is 253 g/mol. The highest BCUT2D eigenvalue weighted by atomic mass is 35.5. The summed E-state index contributed by atoms with van der Waals surface area (Å²) in [5, 5.41) is 10.1. The van der Waals surface area contributed by atoms with Gasteiger partial charge in [-0.2, -0.15) is 0 Å². The second-order valence-electron chi connectivity index (χ2n) is 3.21. The van der Waals surface area contributed by atoms with Crippen LogP contribution in [0.4, 0.5) is 0 Å². The minimum atomic E-state index is -1.01. The molecule has 0 aliphatic carbocycles. The maximum absolute atomic E-state index is 10.9. The van der Waals surface area contributed by atoms with Gasteiger partial charge < -0.3 is 5.11 Å². The molecule has 0 saturated heterocycles. The summed E-state index contributed by atoms with van der Waals surface area (Å²) in [5.74, 6) is -1.01. The van der Waals surface area contributed by atoms with Crippen LogP contribution in [-0.4, -0.2) is 16.1 Å². The van der Waals surface area contributed by atoms with Crippen LogP contribution in [0.1, 0.15) is 15.4 Å². The zero-order valence-corrected chi connectivity index (χ0v) is 9.97. The minimum absolute atomic E-state index is 0.0971. The molecule has 0 spiro atoms. The maximum Gasteiger partial charge on any atom is 0.355 e. The predicted molar refractivity (Wildman–Crippen MR) is 64.3 cm³/mol. The molecule has 0 saturated carbocycles. The SMILES string of the molecule is Cc1sc(-c2ccccc2Cl)nc1C(=O)O. The van der Waals surface area contributed by atoms with Crippen LogP contribution in [-0.2, 0) is 0 Å². The van der Waals surface area contributed by atoms with E-state index in [4.69, 9.17) is 16.7 Å². The van der Waals surface area contributed by atoms with Gasteiger partial charge in [-0.25, -0.2) is 9.78 Å². The third-order valence-electron chi connectivity index (χ3n) is 2.10. The Morgan fingerprint density at radius 1 is 1.44 bits per heavy atom. The molecule has 1 aromatic heterocycles. The van der Waals surface area contributed by atoms with E-state index in [0.717, 1.165) is 5.56 Å². The van der Waals surface area contributed by atoms with Crippen molar-refractivity contribution in [1.29, 1.82) is 0 Å². The number of thiazole rings is 1. The van der Waals surface area contributed by atoms with Crippen molar-refractivity contribution in [1.82, 2.24) is 4.98 Å². The Balaban J connectivity index is 2.54. The third kappa shape index (κ3) is 1.94. The number of carboxylic acids is 1. The van der Waals surface area contributed by atoms with Gasteiger partial charge in [0.05, 0.1) is 5.02 Å². The number of hydrogen-bond acceptors (Lipinski definition) is 3. The maximum atomic E-state index is 10.9. The van der Waals surface area contributed by atoms with Crippen LogP contribution in [0.2, 0.25) is 5.02 Å². The standard InChI is InChI=1S/C11H8ClNO2S/c1-6-9(11(14)15)13-10(16-6)7-4-2-3-5-8(7)12/h2-5H,1H3,(H,14,15). The van der Waals surface area contributed by atoms with Crippen molar-refractivity contribution in [3.05, 3.63) is 39.9 Å². The van der Waals surface area contributed by atoms with Gasteiger partial charge in [0, 0.05) is 10.4 Å². The number of halogens is 1. The molecule has 1 heterocycles. The topological polar surface area (TPSA) is 50.2 Å². The van der Waals surface area contributed by atoms with Gasteiger partial charge >= 0.3 is 5.97 Å². The van der Waals surface area contributed by atoms with Gasteiger partial charge in [-0.3, -0.25) is 0 Å². The first-order valence-electron chi connectivity index (χ1n) is 4.55. The van der Waals surface area contributed by atoms with Crippen molar-refractivity contribution in [3.8, 4) is 10.6 Å². The number of benzene rings is 1. The third-order valence-corrected chi connectivity index (χ3v) is 3.44. The van der Waals surface area contributed by atoms with Crippen molar-refractivity contribution < 1.29 is 9.90 Å². The quantitative estimate of drug-likeness (QED) is 0.892. The largest absolute Gasteiger partial charge is 0.476 e. The zero-order chi connectivity index (χ0) is 11.7. The first-order chi connectivity index (χ1) is 7.59. The Hall–Kier alpha value is -1.39. The van der Waals surface area contributed by atoms with E-state index in [1.807, 2.05) is 18.2 Å². The lowest BCUT2D eigenvalue weighted by molar-refractivity contribution is 0.0690. The summed E-state index contributed by atoms with van der Waals surface area (Å²) in [6, 6.07) is 7.25. The second kappa shape index (κ2) is 4.23. The van der Waals surface area contributed by atoms with E-state index in [1.54, 1.807) is 13.0 Å². The minimum Gasteiger partial charge on any atom is -0.476 e. The molecule has 0 aliphatic rings. The molecule has 0 bridgehead atoms. The smallest absolute Gasteiger partial charge is 0.355 e. The average molecular weight is 254 g/mol. The Labute approximate surface area is 101 Å². The Bertz CT molecular complexity index is 551. The van der Waals surface area contributed by atoms with Crippen LogP contribution < -0.4 is 0 Å². The van der Waals surface area contributed by atoms with Crippen molar-refractivity contribution >= 4 is 28.9 Å². The average Bonchev–Trinajstić information content (AvgIpc) is 2.61. The summed E-state index contributed by atoms with van der Waals surface area (Å²) in [4.78, 5) is 15.6. The van der Waals surface area contributed by atoms with E-state index in [0.29, 0.717) is 14.9 Å². The lowest BCUT2D eigenvalue weighted by Gasteiger charge is -1.97. The molecule has 82 valence electrons. The van der Waals surface area contributed by atoms with Gasteiger partial charge in [0.15, 0.2) is 5.69 Å². The fourth-order valence-corrected chi connectivity index (χ4v) is 2.57.